The number of nitrogens with one attached hydrogen (secondary N) is 1. The molecule has 3 fully saturated rings. The lowest BCUT2D eigenvalue weighted by atomic mass is 9.64. The molecule has 0 aromatic carbocycles. The van der Waals surface area contributed by atoms with Gasteiger partial charge in [0.2, 0.25) is 5.88 Å². The summed E-state index contributed by atoms with van der Waals surface area (Å²) in [5.41, 5.74) is 2.23. The number of fused-ring (bicyclic) bond motifs is 2. The van der Waals surface area contributed by atoms with Crippen LogP contribution >= 0.6 is 0 Å². The number of nitrogens with zero attached hydrogens (tertiary/aromatic N) is 4. The normalized spacial score (nSPS) is 30.1. The second-order valence-corrected chi connectivity index (χ2v) is 11.1. The van der Waals surface area contributed by atoms with Crippen molar-refractivity contribution in [1.29, 1.82) is 0 Å². The molecule has 8 heteroatoms. The molecule has 0 radical (unpaired) electrons. The van der Waals surface area contributed by atoms with Gasteiger partial charge in [-0.2, -0.15) is 4.98 Å². The van der Waals surface area contributed by atoms with E-state index in [9.17, 15) is 4.79 Å². The number of rotatable bonds is 5. The molecule has 2 aromatic rings. The average molecular weight is 480 g/mol. The highest BCUT2D eigenvalue weighted by Gasteiger charge is 2.48. The minimum absolute atomic E-state index is 0.0363. The monoisotopic (exact) mass is 479 g/mol. The molecular formula is C27H37N5O3. The van der Waals surface area contributed by atoms with Crippen LogP contribution in [0, 0.1) is 0 Å². The van der Waals surface area contributed by atoms with Gasteiger partial charge in [-0.05, 0) is 78.4 Å². The van der Waals surface area contributed by atoms with Crippen LogP contribution in [0.3, 0.4) is 0 Å². The number of likely N-dealkylation sites (N-methyl/N-ethyl adjacent to an activating group) is 1. The molecule has 4 atom stereocenters. The Morgan fingerprint density at radius 1 is 1.17 bits per heavy atom. The Balaban J connectivity index is 1.37. The standard InChI is InChI=1S/C27H37N5O3/c1-17(21-8-6-14-32(21)2)34-23-15-20(18-10-13-28-16-18)29-26(30-23)24-19-7-5-12-27(25(19)35-31-24)11-4-3-9-22(27)33/h15,17-18,21,28H,3-14,16H2,1-2H3/t17-,18?,21-,27+/m0/s1. The number of carbonyl (C=O) groups is 1. The molecule has 2 aliphatic heterocycles. The molecule has 8 nitrogen and oxygen atoms in total. The second-order valence-electron chi connectivity index (χ2n) is 11.1. The fourth-order valence-corrected chi connectivity index (χ4v) is 6.89. The summed E-state index contributed by atoms with van der Waals surface area (Å²) in [5.74, 6) is 2.61. The van der Waals surface area contributed by atoms with Gasteiger partial charge in [0, 0.05) is 36.6 Å². The van der Waals surface area contributed by atoms with Gasteiger partial charge in [0.1, 0.15) is 11.9 Å². The van der Waals surface area contributed by atoms with E-state index in [1.54, 1.807) is 0 Å². The molecule has 1 N–H and O–H groups in total. The van der Waals surface area contributed by atoms with Gasteiger partial charge in [0.15, 0.2) is 17.3 Å². The third-order valence-electron chi connectivity index (χ3n) is 8.88. The van der Waals surface area contributed by atoms with Crippen LogP contribution < -0.4 is 10.1 Å². The number of hydrogen-bond acceptors (Lipinski definition) is 8. The number of likely N-dealkylation sites (tertiary alicyclic amines) is 1. The Hall–Kier alpha value is -2.32. The van der Waals surface area contributed by atoms with Gasteiger partial charge in [-0.25, -0.2) is 4.98 Å². The molecule has 2 aromatic heterocycles. The molecule has 1 saturated carbocycles. The minimum Gasteiger partial charge on any atom is -0.473 e. The molecule has 1 unspecified atom stereocenters. The van der Waals surface area contributed by atoms with E-state index in [-0.39, 0.29) is 6.10 Å². The lowest BCUT2D eigenvalue weighted by Gasteiger charge is -2.36. The summed E-state index contributed by atoms with van der Waals surface area (Å²) in [5, 5.41) is 7.95. The smallest absolute Gasteiger partial charge is 0.217 e. The molecular weight excluding hydrogens is 442 g/mol. The topological polar surface area (TPSA) is 93.4 Å². The van der Waals surface area contributed by atoms with Crippen LogP contribution in [0.5, 0.6) is 5.88 Å². The maximum Gasteiger partial charge on any atom is 0.217 e. The van der Waals surface area contributed by atoms with E-state index in [2.05, 4.69) is 29.3 Å². The third kappa shape index (κ3) is 4.08. The van der Waals surface area contributed by atoms with Crippen molar-refractivity contribution in [2.45, 2.75) is 94.6 Å². The molecule has 0 bridgehead atoms. The molecule has 2 saturated heterocycles. The molecule has 2 aliphatic carbocycles. The molecule has 1 spiro atoms. The molecule has 0 amide bonds. The van der Waals surface area contributed by atoms with Crippen molar-refractivity contribution >= 4 is 5.78 Å². The summed E-state index contributed by atoms with van der Waals surface area (Å²) in [4.78, 5) is 25.3. The van der Waals surface area contributed by atoms with Crippen LogP contribution in [-0.4, -0.2) is 64.6 Å². The quantitative estimate of drug-likeness (QED) is 0.692. The van der Waals surface area contributed by atoms with Crippen molar-refractivity contribution in [1.82, 2.24) is 25.3 Å². The summed E-state index contributed by atoms with van der Waals surface area (Å²) in [6, 6.07) is 2.41. The molecule has 188 valence electrons. The first kappa shape index (κ1) is 23.1. The van der Waals surface area contributed by atoms with E-state index >= 15 is 0 Å². The highest BCUT2D eigenvalue weighted by molar-refractivity contribution is 5.91. The fourth-order valence-electron chi connectivity index (χ4n) is 6.89. The zero-order valence-corrected chi connectivity index (χ0v) is 21.0. The van der Waals surface area contributed by atoms with Crippen LogP contribution in [0.4, 0.5) is 0 Å². The number of Topliss-reactive ketones (excluding diaryl/α,β-unsaturated/α-hetero) is 1. The first-order valence-corrected chi connectivity index (χ1v) is 13.5. The molecule has 4 heterocycles. The Bertz CT molecular complexity index is 1090. The summed E-state index contributed by atoms with van der Waals surface area (Å²) in [6.07, 6.45) is 9.65. The van der Waals surface area contributed by atoms with Crippen LogP contribution in [0.1, 0.15) is 87.6 Å². The van der Waals surface area contributed by atoms with Gasteiger partial charge in [-0.1, -0.05) is 11.6 Å². The van der Waals surface area contributed by atoms with Gasteiger partial charge < -0.3 is 14.6 Å². The SMILES string of the molecule is C[C@H](Oc1cc(C2CCNC2)nc(-c2noc3c2CCC[C@@]32CCCCC2=O)n1)[C@@H]1CCCN1C. The van der Waals surface area contributed by atoms with E-state index in [4.69, 9.17) is 19.2 Å². The summed E-state index contributed by atoms with van der Waals surface area (Å²) in [7, 11) is 2.17. The van der Waals surface area contributed by atoms with E-state index in [1.807, 2.05) is 6.07 Å². The second kappa shape index (κ2) is 9.28. The Kier molecular flexibility index (Phi) is 6.13. The van der Waals surface area contributed by atoms with E-state index < -0.39 is 5.41 Å². The van der Waals surface area contributed by atoms with Crippen LogP contribution in [0.15, 0.2) is 10.6 Å². The number of ether oxygens (including phenoxy) is 1. The van der Waals surface area contributed by atoms with Crippen molar-refractivity contribution < 1.29 is 14.1 Å². The first-order chi connectivity index (χ1) is 17.0. The number of ketones is 1. The zero-order chi connectivity index (χ0) is 24.0. The maximum atomic E-state index is 13.1. The van der Waals surface area contributed by atoms with Crippen LogP contribution in [0.25, 0.3) is 11.5 Å². The number of aromatic nitrogens is 3. The first-order valence-electron chi connectivity index (χ1n) is 13.5. The zero-order valence-electron chi connectivity index (χ0n) is 21.0. The highest BCUT2D eigenvalue weighted by atomic mass is 16.5. The van der Waals surface area contributed by atoms with Crippen LogP contribution in [0.2, 0.25) is 0 Å². The molecule has 4 aliphatic rings. The average Bonchev–Trinajstić information content (AvgIpc) is 3.62. The van der Waals surface area contributed by atoms with Gasteiger partial charge in [-0.3, -0.25) is 9.69 Å². The van der Waals surface area contributed by atoms with Gasteiger partial charge in [0.25, 0.3) is 0 Å². The fraction of sp³-hybridized carbons (Fsp3) is 0.704. The largest absolute Gasteiger partial charge is 0.473 e. The van der Waals surface area contributed by atoms with Crippen molar-refractivity contribution in [3.63, 3.8) is 0 Å². The number of carbonyl (C=O) groups excluding carboxylic acids is 1. The van der Waals surface area contributed by atoms with Crippen LogP contribution in [-0.2, 0) is 16.6 Å². The predicted octanol–water partition coefficient (Wildman–Crippen LogP) is 3.79. The van der Waals surface area contributed by atoms with Crippen molar-refractivity contribution in [2.24, 2.45) is 0 Å². The third-order valence-corrected chi connectivity index (χ3v) is 8.88. The summed E-state index contributed by atoms with van der Waals surface area (Å²) in [6.45, 7) is 5.15. The van der Waals surface area contributed by atoms with Gasteiger partial charge >= 0.3 is 0 Å². The Morgan fingerprint density at radius 2 is 2.06 bits per heavy atom. The van der Waals surface area contributed by atoms with Crippen molar-refractivity contribution in [3.8, 4) is 17.4 Å². The predicted molar refractivity (Wildman–Crippen MR) is 132 cm³/mol. The van der Waals surface area contributed by atoms with Crippen molar-refractivity contribution in [3.05, 3.63) is 23.1 Å². The summed E-state index contributed by atoms with van der Waals surface area (Å²) >= 11 is 0. The van der Waals surface area contributed by atoms with Crippen molar-refractivity contribution in [2.75, 3.05) is 26.7 Å². The Labute approximate surface area is 207 Å². The van der Waals surface area contributed by atoms with Gasteiger partial charge in [0.05, 0.1) is 11.1 Å². The number of hydrogen-bond donors (Lipinski definition) is 1. The summed E-state index contributed by atoms with van der Waals surface area (Å²) < 4.78 is 12.4. The minimum atomic E-state index is -0.495. The Morgan fingerprint density at radius 3 is 2.83 bits per heavy atom. The van der Waals surface area contributed by atoms with E-state index in [0.717, 1.165) is 88.0 Å². The lowest BCUT2D eigenvalue weighted by Crippen LogP contribution is -2.41. The van der Waals surface area contributed by atoms with E-state index in [0.29, 0.717) is 41.6 Å². The molecule has 35 heavy (non-hydrogen) atoms. The van der Waals surface area contributed by atoms with E-state index in [1.165, 1.54) is 6.42 Å². The van der Waals surface area contributed by atoms with Gasteiger partial charge in [-0.15, -0.1) is 0 Å². The lowest BCUT2D eigenvalue weighted by molar-refractivity contribution is -0.128. The highest BCUT2D eigenvalue weighted by Crippen LogP contribution is 2.47. The maximum absolute atomic E-state index is 13.1. The molecule has 6 rings (SSSR count).